The van der Waals surface area contributed by atoms with E-state index in [0.717, 1.165) is 0 Å². The van der Waals surface area contributed by atoms with Gasteiger partial charge in [-0.1, -0.05) is 11.6 Å². The second-order valence-electron chi connectivity index (χ2n) is 2.26. The molecule has 60 valence electrons. The molecule has 0 radical (unpaired) electrons. The lowest BCUT2D eigenvalue weighted by Crippen LogP contribution is -2.23. The molecule has 0 aromatic carbocycles. The maximum absolute atomic E-state index is 10.2. The Morgan fingerprint density at radius 2 is 2.36 bits per heavy atom. The van der Waals surface area contributed by atoms with Gasteiger partial charge in [-0.2, -0.15) is 0 Å². The van der Waals surface area contributed by atoms with E-state index in [2.05, 4.69) is 0 Å². The predicted molar refractivity (Wildman–Crippen MR) is 41.6 cm³/mol. The van der Waals surface area contributed by atoms with E-state index in [1.807, 2.05) is 0 Å². The first-order valence-corrected chi connectivity index (χ1v) is 3.41. The lowest BCUT2D eigenvalue weighted by Gasteiger charge is -2.18. The zero-order valence-corrected chi connectivity index (χ0v) is 6.71. The summed E-state index contributed by atoms with van der Waals surface area (Å²) < 4.78 is 0. The quantitative estimate of drug-likeness (QED) is 0.341. The Hall–Kier alpha value is -1.03. The summed E-state index contributed by atoms with van der Waals surface area (Å²) in [4.78, 5) is 11.4. The Balaban J connectivity index is 2.82. The van der Waals surface area contributed by atoms with Crippen molar-refractivity contribution in [1.29, 1.82) is 0 Å². The highest BCUT2D eigenvalue weighted by molar-refractivity contribution is 6.29. The van der Waals surface area contributed by atoms with Crippen LogP contribution < -0.4 is 0 Å². The fraction of sp³-hybridized carbons (Fsp3) is 0.333. The predicted octanol–water partition coefficient (Wildman–Crippen LogP) is 1.17. The van der Waals surface area contributed by atoms with E-state index >= 15 is 0 Å². The van der Waals surface area contributed by atoms with Gasteiger partial charge in [0.25, 0.3) is 5.70 Å². The van der Waals surface area contributed by atoms with Crippen LogP contribution in [0.5, 0.6) is 0 Å². The number of likely N-dealkylation sites (N-methyl/N-ethyl adjacent to an activating group) is 1. The molecule has 0 saturated carbocycles. The van der Waals surface area contributed by atoms with Crippen molar-refractivity contribution in [3.05, 3.63) is 33.1 Å². The molecule has 0 amide bonds. The number of nitro groups is 1. The Labute approximate surface area is 68.9 Å². The molecular formula is C6H7ClN2O2. The Morgan fingerprint density at radius 3 is 2.82 bits per heavy atom. The summed E-state index contributed by atoms with van der Waals surface area (Å²) in [6, 6.07) is 0. The molecule has 1 heterocycles. The minimum atomic E-state index is -0.406. The van der Waals surface area contributed by atoms with Crippen molar-refractivity contribution in [3.63, 3.8) is 0 Å². The van der Waals surface area contributed by atoms with Crippen molar-refractivity contribution < 1.29 is 4.92 Å². The molecule has 0 aromatic rings. The van der Waals surface area contributed by atoms with Crippen LogP contribution in [0.25, 0.3) is 0 Å². The number of nitrogens with zero attached hydrogens (tertiary/aromatic N) is 2. The summed E-state index contributed by atoms with van der Waals surface area (Å²) >= 11 is 5.66. The first kappa shape index (κ1) is 8.07. The van der Waals surface area contributed by atoms with Gasteiger partial charge < -0.3 is 4.90 Å². The largest absolute Gasteiger partial charge is 0.355 e. The summed E-state index contributed by atoms with van der Waals surface area (Å²) in [5, 5.41) is 10.8. The average molecular weight is 175 g/mol. The lowest BCUT2D eigenvalue weighted by molar-refractivity contribution is -0.427. The van der Waals surface area contributed by atoms with E-state index in [4.69, 9.17) is 11.6 Å². The highest BCUT2D eigenvalue weighted by Crippen LogP contribution is 2.15. The smallest absolute Gasteiger partial charge is 0.265 e. The van der Waals surface area contributed by atoms with E-state index in [9.17, 15) is 10.1 Å². The molecule has 0 fully saturated rings. The van der Waals surface area contributed by atoms with Gasteiger partial charge in [0, 0.05) is 13.1 Å². The third kappa shape index (κ3) is 1.71. The molecule has 4 nitrogen and oxygen atoms in total. The first-order chi connectivity index (χ1) is 5.11. The van der Waals surface area contributed by atoms with Gasteiger partial charge in [0.2, 0.25) is 0 Å². The van der Waals surface area contributed by atoms with Gasteiger partial charge in [0.05, 0.1) is 4.92 Å². The van der Waals surface area contributed by atoms with Crippen LogP contribution in [0.3, 0.4) is 0 Å². The Kier molecular flexibility index (Phi) is 2.14. The number of rotatable bonds is 1. The van der Waals surface area contributed by atoms with Gasteiger partial charge >= 0.3 is 0 Å². The summed E-state index contributed by atoms with van der Waals surface area (Å²) in [7, 11) is 1.70. The number of hydrogen-bond acceptors (Lipinski definition) is 3. The molecule has 0 bridgehead atoms. The molecule has 11 heavy (non-hydrogen) atoms. The van der Waals surface area contributed by atoms with Crippen LogP contribution in [0.15, 0.2) is 23.0 Å². The summed E-state index contributed by atoms with van der Waals surface area (Å²) in [6.45, 7) is 0.266. The summed E-state index contributed by atoms with van der Waals surface area (Å²) in [5.74, 6) is 0. The van der Waals surface area contributed by atoms with E-state index in [0.29, 0.717) is 5.16 Å². The van der Waals surface area contributed by atoms with Crippen LogP contribution in [0, 0.1) is 10.1 Å². The van der Waals surface area contributed by atoms with E-state index in [1.54, 1.807) is 11.9 Å². The standard InChI is InChI=1S/C6H7ClN2O2/c1-8-4-5(9(10)11)2-3-6(8)7/h2-3H,4H2,1H3. The van der Waals surface area contributed by atoms with Gasteiger partial charge in [-0.3, -0.25) is 10.1 Å². The molecule has 0 N–H and O–H groups in total. The second-order valence-corrected chi connectivity index (χ2v) is 2.65. The topological polar surface area (TPSA) is 46.4 Å². The molecule has 0 atom stereocenters. The molecule has 0 aliphatic carbocycles. The van der Waals surface area contributed by atoms with E-state index < -0.39 is 4.92 Å². The molecule has 1 aliphatic rings. The molecule has 1 aliphatic heterocycles. The second kappa shape index (κ2) is 2.92. The molecule has 5 heteroatoms. The van der Waals surface area contributed by atoms with E-state index in [-0.39, 0.29) is 12.2 Å². The number of allylic oxidation sites excluding steroid dienone is 2. The van der Waals surface area contributed by atoms with Gasteiger partial charge in [0.1, 0.15) is 11.7 Å². The maximum atomic E-state index is 10.2. The molecule has 1 rings (SSSR count). The lowest BCUT2D eigenvalue weighted by atomic mass is 10.3. The van der Waals surface area contributed by atoms with Crippen LogP contribution >= 0.6 is 11.6 Å². The Bertz CT molecular complexity index is 247. The van der Waals surface area contributed by atoms with Crippen LogP contribution in [0.1, 0.15) is 0 Å². The summed E-state index contributed by atoms with van der Waals surface area (Å²) in [5.41, 5.74) is 0.164. The van der Waals surface area contributed by atoms with Crippen molar-refractivity contribution in [1.82, 2.24) is 4.90 Å². The zero-order valence-electron chi connectivity index (χ0n) is 5.95. The molecular weight excluding hydrogens is 168 g/mol. The van der Waals surface area contributed by atoms with Gasteiger partial charge in [-0.15, -0.1) is 0 Å². The average Bonchev–Trinajstić information content (AvgIpc) is 1.94. The minimum absolute atomic E-state index is 0.164. The molecule has 0 saturated heterocycles. The van der Waals surface area contributed by atoms with Gasteiger partial charge in [0.15, 0.2) is 0 Å². The Morgan fingerprint density at radius 1 is 1.73 bits per heavy atom. The fourth-order valence-electron chi connectivity index (χ4n) is 0.782. The van der Waals surface area contributed by atoms with Crippen molar-refractivity contribution in [3.8, 4) is 0 Å². The van der Waals surface area contributed by atoms with Crippen LogP contribution in [0.2, 0.25) is 0 Å². The normalized spacial score (nSPS) is 17.5. The molecule has 0 aromatic heterocycles. The highest BCUT2D eigenvalue weighted by Gasteiger charge is 2.17. The van der Waals surface area contributed by atoms with Gasteiger partial charge in [-0.05, 0) is 6.08 Å². The molecule has 0 unspecified atom stereocenters. The highest BCUT2D eigenvalue weighted by atomic mass is 35.5. The van der Waals surface area contributed by atoms with Crippen molar-refractivity contribution in [2.45, 2.75) is 0 Å². The van der Waals surface area contributed by atoms with Crippen molar-refractivity contribution in [2.75, 3.05) is 13.6 Å². The van der Waals surface area contributed by atoms with Crippen LogP contribution in [-0.4, -0.2) is 23.4 Å². The van der Waals surface area contributed by atoms with Crippen molar-refractivity contribution >= 4 is 11.6 Å². The summed E-state index contributed by atoms with van der Waals surface area (Å²) in [6.07, 6.45) is 2.94. The number of halogens is 1. The van der Waals surface area contributed by atoms with Crippen LogP contribution in [0.4, 0.5) is 0 Å². The van der Waals surface area contributed by atoms with Crippen LogP contribution in [-0.2, 0) is 0 Å². The first-order valence-electron chi connectivity index (χ1n) is 3.03. The number of hydrogen-bond donors (Lipinski definition) is 0. The maximum Gasteiger partial charge on any atom is 0.265 e. The third-order valence-corrected chi connectivity index (χ3v) is 1.83. The van der Waals surface area contributed by atoms with Crippen molar-refractivity contribution in [2.24, 2.45) is 0 Å². The van der Waals surface area contributed by atoms with Gasteiger partial charge in [-0.25, -0.2) is 0 Å². The minimum Gasteiger partial charge on any atom is -0.355 e. The zero-order chi connectivity index (χ0) is 8.43. The SMILES string of the molecule is CN1CC([N+](=O)[O-])=CC=C1Cl. The fourth-order valence-corrected chi connectivity index (χ4v) is 0.905. The van der Waals surface area contributed by atoms with E-state index in [1.165, 1.54) is 12.2 Å². The third-order valence-electron chi connectivity index (χ3n) is 1.41. The molecule has 0 spiro atoms. The monoisotopic (exact) mass is 174 g/mol.